The van der Waals surface area contributed by atoms with Crippen LogP contribution in [0, 0.1) is 0 Å². The molecule has 222 valence electrons. The van der Waals surface area contributed by atoms with Crippen LogP contribution in [-0.2, 0) is 25.8 Å². The maximum Gasteiger partial charge on any atom is 0.407 e. The number of rotatable bonds is 25. The molecule has 7 nitrogen and oxygen atoms in total. The fourth-order valence-electron chi connectivity index (χ4n) is 4.38. The van der Waals surface area contributed by atoms with E-state index in [0.29, 0.717) is 19.8 Å². The van der Waals surface area contributed by atoms with E-state index < -0.39 is 6.09 Å². The van der Waals surface area contributed by atoms with Gasteiger partial charge in [0.25, 0.3) is 0 Å². The van der Waals surface area contributed by atoms with Crippen molar-refractivity contribution in [2.45, 2.75) is 129 Å². The lowest BCUT2D eigenvalue weighted by atomic mass is 10.0. The van der Waals surface area contributed by atoms with E-state index in [9.17, 15) is 4.79 Å². The molecule has 2 atom stereocenters. The highest BCUT2D eigenvalue weighted by molar-refractivity contribution is 5.67. The summed E-state index contributed by atoms with van der Waals surface area (Å²) in [6.45, 7) is 6.53. The van der Waals surface area contributed by atoms with E-state index in [1.165, 1.54) is 84.2 Å². The van der Waals surface area contributed by atoms with Crippen molar-refractivity contribution < 1.29 is 41.0 Å². The Bertz CT molecular complexity index is 638. The fourth-order valence-corrected chi connectivity index (χ4v) is 4.38. The van der Waals surface area contributed by atoms with Crippen molar-refractivity contribution in [1.29, 1.82) is 0 Å². The van der Waals surface area contributed by atoms with Crippen molar-refractivity contribution in [2.75, 3.05) is 26.9 Å². The lowest BCUT2D eigenvalue weighted by Gasteiger charge is -2.25. The first kappa shape index (κ1) is 36.6. The van der Waals surface area contributed by atoms with Gasteiger partial charge in [0.15, 0.2) is 18.9 Å². The molecular formula is C30H55ClN2O5. The average Bonchev–Trinajstić information content (AvgIpc) is 2.91. The number of ether oxygens (including phenoxy) is 2. The van der Waals surface area contributed by atoms with Crippen LogP contribution in [0.5, 0.6) is 0 Å². The number of pyridine rings is 1. The standard InChI is InChI=1S/C30H54N2O5.ClH/c1-4-5-6-7-8-9-10-11-12-13-14-15-17-21-29(28(2)31-30(33)34-3)35-25-20-26-36-37-27-24-32-22-18-16-19-23-32;/h16,18-19,22-23,28-29H,4-15,17,20-21,24-27H2,1-3H3;1H. The third-order valence-electron chi connectivity index (χ3n) is 6.68. The van der Waals surface area contributed by atoms with Crippen LogP contribution in [0.15, 0.2) is 30.6 Å². The zero-order chi connectivity index (χ0) is 26.8. The average molecular weight is 559 g/mol. The van der Waals surface area contributed by atoms with Gasteiger partial charge in [-0.3, -0.25) is 0 Å². The molecule has 0 aliphatic heterocycles. The molecule has 1 rings (SSSR count). The zero-order valence-electron chi connectivity index (χ0n) is 24.3. The highest BCUT2D eigenvalue weighted by Gasteiger charge is 2.20. The quantitative estimate of drug-likeness (QED) is 0.0852. The van der Waals surface area contributed by atoms with Gasteiger partial charge in [0.05, 0.1) is 25.9 Å². The van der Waals surface area contributed by atoms with E-state index in [4.69, 9.17) is 19.2 Å². The van der Waals surface area contributed by atoms with Crippen LogP contribution >= 0.6 is 0 Å². The first-order chi connectivity index (χ1) is 18.2. The summed E-state index contributed by atoms with van der Waals surface area (Å²) < 4.78 is 12.9. The highest BCUT2D eigenvalue weighted by atomic mass is 35.5. The number of unbranched alkanes of at least 4 members (excludes halogenated alkanes) is 12. The zero-order valence-corrected chi connectivity index (χ0v) is 25.1. The van der Waals surface area contributed by atoms with E-state index in [-0.39, 0.29) is 24.6 Å². The van der Waals surface area contributed by atoms with Crippen LogP contribution in [0.25, 0.3) is 0 Å². The number of hydrogen-bond donors (Lipinski definition) is 1. The van der Waals surface area contributed by atoms with E-state index >= 15 is 0 Å². The number of halogens is 1. The number of carbonyl (C=O) groups excluding carboxylic acids is 1. The Morgan fingerprint density at radius 3 is 1.89 bits per heavy atom. The van der Waals surface area contributed by atoms with Gasteiger partial charge in [-0.25, -0.2) is 19.1 Å². The molecule has 1 amide bonds. The predicted octanol–water partition coefficient (Wildman–Crippen LogP) is 3.93. The van der Waals surface area contributed by atoms with Crippen LogP contribution in [0.3, 0.4) is 0 Å². The Morgan fingerprint density at radius 1 is 0.763 bits per heavy atom. The fraction of sp³-hybridized carbons (Fsp3) is 0.800. The number of nitrogens with zero attached hydrogens (tertiary/aromatic N) is 1. The largest absolute Gasteiger partial charge is 1.00 e. The van der Waals surface area contributed by atoms with E-state index in [1.54, 1.807) is 0 Å². The van der Waals surface area contributed by atoms with Gasteiger partial charge in [-0.15, -0.1) is 0 Å². The first-order valence-corrected chi connectivity index (χ1v) is 14.8. The topological polar surface area (TPSA) is 69.9 Å². The summed E-state index contributed by atoms with van der Waals surface area (Å²) in [7, 11) is 1.39. The molecule has 0 fully saturated rings. The molecule has 1 N–H and O–H groups in total. The molecule has 0 aromatic carbocycles. The molecule has 2 unspecified atom stereocenters. The Hall–Kier alpha value is -1.41. The van der Waals surface area contributed by atoms with E-state index in [0.717, 1.165) is 25.8 Å². The van der Waals surface area contributed by atoms with Crippen LogP contribution in [0.2, 0.25) is 0 Å². The minimum Gasteiger partial charge on any atom is -1.00 e. The monoisotopic (exact) mass is 558 g/mol. The summed E-state index contributed by atoms with van der Waals surface area (Å²) in [5, 5.41) is 2.87. The molecule has 38 heavy (non-hydrogen) atoms. The molecule has 1 aromatic rings. The lowest BCUT2D eigenvalue weighted by Crippen LogP contribution is -3.00. The third kappa shape index (κ3) is 21.5. The number of methoxy groups -OCH3 is 1. The summed E-state index contributed by atoms with van der Waals surface area (Å²) in [5.74, 6) is 0. The molecule has 1 aromatic heterocycles. The maximum absolute atomic E-state index is 11.7. The molecule has 1 heterocycles. The van der Waals surface area contributed by atoms with Gasteiger partial charge in [-0.2, -0.15) is 0 Å². The van der Waals surface area contributed by atoms with Crippen molar-refractivity contribution in [3.8, 4) is 0 Å². The van der Waals surface area contributed by atoms with Crippen molar-refractivity contribution in [3.05, 3.63) is 30.6 Å². The second-order valence-corrected chi connectivity index (χ2v) is 9.98. The number of alkyl carbamates (subject to hydrolysis) is 1. The van der Waals surface area contributed by atoms with Crippen molar-refractivity contribution in [3.63, 3.8) is 0 Å². The van der Waals surface area contributed by atoms with Gasteiger partial charge in [0.2, 0.25) is 0 Å². The van der Waals surface area contributed by atoms with Crippen molar-refractivity contribution in [2.24, 2.45) is 0 Å². The van der Waals surface area contributed by atoms with Crippen LogP contribution in [0.4, 0.5) is 4.79 Å². The normalized spacial score (nSPS) is 12.5. The second kappa shape index (κ2) is 27.2. The Balaban J connectivity index is 0.0000137. The smallest absolute Gasteiger partial charge is 0.407 e. The van der Waals surface area contributed by atoms with Crippen LogP contribution < -0.4 is 22.3 Å². The maximum atomic E-state index is 11.7. The van der Waals surface area contributed by atoms with Gasteiger partial charge in [-0.05, 0) is 19.8 Å². The Kier molecular flexibility index (Phi) is 26.2. The number of hydrogen-bond acceptors (Lipinski definition) is 5. The van der Waals surface area contributed by atoms with Gasteiger partial charge in [0, 0.05) is 18.7 Å². The van der Waals surface area contributed by atoms with Crippen molar-refractivity contribution in [1.82, 2.24) is 5.32 Å². The molecule has 8 heteroatoms. The SMILES string of the molecule is CCCCCCCCCCCCCCCC(OCCCOOCC[n+]1ccccc1)C(C)NC(=O)OC.[Cl-]. The third-order valence-corrected chi connectivity index (χ3v) is 6.68. The number of carbonyl (C=O) groups is 1. The minimum absolute atomic E-state index is 0. The summed E-state index contributed by atoms with van der Waals surface area (Å²) in [5.41, 5.74) is 0. The summed E-state index contributed by atoms with van der Waals surface area (Å²) in [4.78, 5) is 22.2. The molecule has 0 bridgehead atoms. The highest BCUT2D eigenvalue weighted by Crippen LogP contribution is 2.15. The predicted molar refractivity (Wildman–Crippen MR) is 148 cm³/mol. The first-order valence-electron chi connectivity index (χ1n) is 14.8. The lowest BCUT2D eigenvalue weighted by molar-refractivity contribution is -0.701. The summed E-state index contributed by atoms with van der Waals surface area (Å²) >= 11 is 0. The molecular weight excluding hydrogens is 504 g/mol. The number of amides is 1. The molecule has 0 aliphatic carbocycles. The van der Waals surface area contributed by atoms with Gasteiger partial charge < -0.3 is 27.2 Å². The summed E-state index contributed by atoms with van der Waals surface area (Å²) in [6, 6.07) is 5.86. The van der Waals surface area contributed by atoms with E-state index in [2.05, 4.69) is 12.2 Å². The molecule has 0 radical (unpaired) electrons. The number of nitrogens with one attached hydrogen (secondary N) is 1. The van der Waals surface area contributed by atoms with Crippen LogP contribution in [-0.4, -0.2) is 45.2 Å². The van der Waals surface area contributed by atoms with Crippen LogP contribution in [0.1, 0.15) is 110 Å². The number of aromatic nitrogens is 1. The van der Waals surface area contributed by atoms with E-state index in [1.807, 2.05) is 42.1 Å². The van der Waals surface area contributed by atoms with Gasteiger partial charge >= 0.3 is 6.09 Å². The van der Waals surface area contributed by atoms with Crippen molar-refractivity contribution >= 4 is 6.09 Å². The minimum atomic E-state index is -0.417. The molecule has 0 saturated heterocycles. The Labute approximate surface area is 238 Å². The summed E-state index contributed by atoms with van der Waals surface area (Å²) in [6.07, 6.45) is 22.6. The van der Waals surface area contributed by atoms with Gasteiger partial charge in [0.1, 0.15) is 6.61 Å². The molecule has 0 aliphatic rings. The molecule has 0 spiro atoms. The Morgan fingerprint density at radius 2 is 1.32 bits per heavy atom. The van der Waals surface area contributed by atoms with Gasteiger partial charge in [-0.1, -0.05) is 96.5 Å². The molecule has 0 saturated carbocycles. The second-order valence-electron chi connectivity index (χ2n) is 9.98.